The van der Waals surface area contributed by atoms with Crippen LogP contribution in [0.15, 0.2) is 18.2 Å². The molecule has 0 spiro atoms. The Kier molecular flexibility index (Phi) is 4.62. The molecule has 1 saturated heterocycles. The minimum Gasteiger partial charge on any atom is -0.331 e. The molecule has 0 radical (unpaired) electrons. The lowest BCUT2D eigenvalue weighted by Gasteiger charge is -2.39. The van der Waals surface area contributed by atoms with Gasteiger partial charge >= 0.3 is 11.8 Å². The molecule has 164 valence electrons. The number of carbonyl (C=O) groups excluding carboxylic acids is 2. The van der Waals surface area contributed by atoms with Gasteiger partial charge in [-0.2, -0.15) is 4.68 Å². The maximum absolute atomic E-state index is 13.0. The Morgan fingerprint density at radius 1 is 1.19 bits per heavy atom. The van der Waals surface area contributed by atoms with Crippen LogP contribution in [0.4, 0.5) is 5.69 Å². The predicted molar refractivity (Wildman–Crippen MR) is 116 cm³/mol. The monoisotopic (exact) mass is 442 g/mol. The first-order valence-electron chi connectivity index (χ1n) is 10.8. The number of rotatable bonds is 3. The molecule has 1 aromatic carbocycles. The summed E-state index contributed by atoms with van der Waals surface area (Å²) in [5.41, 5.74) is 1.34. The molecule has 2 unspecified atom stereocenters. The van der Waals surface area contributed by atoms with E-state index in [-0.39, 0.29) is 16.9 Å². The lowest BCUT2D eigenvalue weighted by molar-refractivity contribution is -0.144. The topological polar surface area (TPSA) is 93.0 Å². The molecule has 1 N–H and O–H groups in total. The molecule has 2 heterocycles. The number of hydrogen-bond donors (Lipinski definition) is 1. The average Bonchev–Trinajstić information content (AvgIpc) is 3.35. The third-order valence-corrected chi connectivity index (χ3v) is 7.06. The molecule has 8 nitrogen and oxygen atoms in total. The van der Waals surface area contributed by atoms with Gasteiger partial charge in [-0.15, -0.1) is 5.10 Å². The lowest BCUT2D eigenvalue weighted by atomic mass is 9.65. The number of halogens is 1. The molecule has 1 aliphatic heterocycles. The molecular formula is C22H27ClN6O2. The first-order valence-corrected chi connectivity index (χ1v) is 11.2. The van der Waals surface area contributed by atoms with Gasteiger partial charge in [-0.25, -0.2) is 0 Å². The fraction of sp³-hybridized carbons (Fsp3) is 0.591. The van der Waals surface area contributed by atoms with E-state index < -0.39 is 11.8 Å². The maximum atomic E-state index is 13.0. The van der Waals surface area contributed by atoms with Gasteiger partial charge < -0.3 is 10.2 Å². The number of likely N-dealkylation sites (tertiary alicyclic amines) is 1. The summed E-state index contributed by atoms with van der Waals surface area (Å²) in [5.74, 6) is 0.0121. The quantitative estimate of drug-likeness (QED) is 0.733. The van der Waals surface area contributed by atoms with Gasteiger partial charge in [0, 0.05) is 24.2 Å². The fourth-order valence-corrected chi connectivity index (χ4v) is 5.92. The Hall–Kier alpha value is -2.48. The van der Waals surface area contributed by atoms with Crippen molar-refractivity contribution in [3.8, 4) is 5.69 Å². The lowest BCUT2D eigenvalue weighted by Crippen LogP contribution is -2.43. The largest absolute Gasteiger partial charge is 0.331 e. The molecule has 31 heavy (non-hydrogen) atoms. The van der Waals surface area contributed by atoms with Gasteiger partial charge in [0.25, 0.3) is 0 Å². The van der Waals surface area contributed by atoms with Crippen LogP contribution in [0.2, 0.25) is 5.02 Å². The summed E-state index contributed by atoms with van der Waals surface area (Å²) in [4.78, 5) is 27.6. The zero-order chi connectivity index (χ0) is 22.0. The van der Waals surface area contributed by atoms with Crippen LogP contribution < -0.4 is 5.32 Å². The van der Waals surface area contributed by atoms with E-state index in [0.717, 1.165) is 37.9 Å². The standard InChI is InChI=1S/C22H27ClN6O2/c1-21(2)9-15-10-22(3,11-21)12-28(15)20(31)19(30)24-14-6-7-16(23)17(8-14)29-18(13-4-5-13)25-26-27-29/h6-8,13,15H,4-5,9-12H2,1-3H3,(H,24,30). The van der Waals surface area contributed by atoms with Crippen LogP contribution in [0, 0.1) is 10.8 Å². The average molecular weight is 443 g/mol. The van der Waals surface area contributed by atoms with E-state index in [1.807, 2.05) is 0 Å². The van der Waals surface area contributed by atoms with Gasteiger partial charge in [0.05, 0.1) is 10.7 Å². The zero-order valence-electron chi connectivity index (χ0n) is 18.1. The van der Waals surface area contributed by atoms with Gasteiger partial charge in [0.2, 0.25) is 0 Å². The maximum Gasteiger partial charge on any atom is 0.313 e. The molecule has 2 saturated carbocycles. The summed E-state index contributed by atoms with van der Waals surface area (Å²) >= 11 is 6.39. The Balaban J connectivity index is 1.34. The number of nitrogens with zero attached hydrogens (tertiary/aromatic N) is 5. The number of hydrogen-bond acceptors (Lipinski definition) is 5. The van der Waals surface area contributed by atoms with Crippen LogP contribution in [0.3, 0.4) is 0 Å². The normalized spacial score (nSPS) is 26.7. The number of aromatic nitrogens is 4. The Morgan fingerprint density at radius 2 is 1.97 bits per heavy atom. The molecule has 5 rings (SSSR count). The Labute approximate surface area is 186 Å². The summed E-state index contributed by atoms with van der Waals surface area (Å²) in [7, 11) is 0. The first-order chi connectivity index (χ1) is 14.6. The van der Waals surface area contributed by atoms with Crippen molar-refractivity contribution in [1.29, 1.82) is 0 Å². The number of benzene rings is 1. The summed E-state index contributed by atoms with van der Waals surface area (Å²) < 4.78 is 1.62. The minimum atomic E-state index is -0.624. The van der Waals surface area contributed by atoms with Crippen molar-refractivity contribution in [2.75, 3.05) is 11.9 Å². The third kappa shape index (κ3) is 3.82. The second-order valence-corrected chi connectivity index (χ2v) is 10.9. The molecular weight excluding hydrogens is 416 g/mol. The van der Waals surface area contributed by atoms with E-state index in [2.05, 4.69) is 41.6 Å². The highest BCUT2D eigenvalue weighted by Gasteiger charge is 2.51. The molecule has 3 fully saturated rings. The number of nitrogens with one attached hydrogen (secondary N) is 1. The summed E-state index contributed by atoms with van der Waals surface area (Å²) in [6.07, 6.45) is 5.06. The second kappa shape index (κ2) is 7.02. The number of fused-ring (bicyclic) bond motifs is 2. The predicted octanol–water partition coefficient (Wildman–Crippen LogP) is 3.56. The Morgan fingerprint density at radius 3 is 2.71 bits per heavy atom. The van der Waals surface area contributed by atoms with Crippen LogP contribution in [-0.2, 0) is 9.59 Å². The van der Waals surface area contributed by atoms with Crippen LogP contribution in [0.1, 0.15) is 64.6 Å². The third-order valence-electron chi connectivity index (χ3n) is 6.74. The summed E-state index contributed by atoms with van der Waals surface area (Å²) in [6.45, 7) is 7.35. The molecule has 2 atom stereocenters. The number of tetrazole rings is 1. The molecule has 2 aliphatic carbocycles. The smallest absolute Gasteiger partial charge is 0.313 e. The van der Waals surface area contributed by atoms with Crippen molar-refractivity contribution >= 4 is 29.1 Å². The van der Waals surface area contributed by atoms with E-state index in [9.17, 15) is 9.59 Å². The fourth-order valence-electron chi connectivity index (χ4n) is 5.73. The van der Waals surface area contributed by atoms with Crippen molar-refractivity contribution in [2.24, 2.45) is 10.8 Å². The Bertz CT molecular complexity index is 1060. The van der Waals surface area contributed by atoms with Crippen molar-refractivity contribution in [2.45, 2.75) is 64.8 Å². The van der Waals surface area contributed by atoms with Crippen LogP contribution in [0.25, 0.3) is 5.69 Å². The van der Waals surface area contributed by atoms with Crippen molar-refractivity contribution < 1.29 is 9.59 Å². The highest BCUT2D eigenvalue weighted by atomic mass is 35.5. The van der Waals surface area contributed by atoms with E-state index in [0.29, 0.717) is 28.9 Å². The van der Waals surface area contributed by atoms with Crippen molar-refractivity contribution in [3.05, 3.63) is 29.0 Å². The highest BCUT2D eigenvalue weighted by Crippen LogP contribution is 2.52. The second-order valence-electron chi connectivity index (χ2n) is 10.5. The van der Waals surface area contributed by atoms with Crippen molar-refractivity contribution in [3.63, 3.8) is 0 Å². The first kappa shape index (κ1) is 20.4. The van der Waals surface area contributed by atoms with Crippen LogP contribution in [-0.4, -0.2) is 49.5 Å². The number of anilines is 1. The van der Waals surface area contributed by atoms with Gasteiger partial charge in [-0.3, -0.25) is 9.59 Å². The van der Waals surface area contributed by atoms with Crippen molar-refractivity contribution in [1.82, 2.24) is 25.1 Å². The molecule has 2 bridgehead atoms. The summed E-state index contributed by atoms with van der Waals surface area (Å²) in [5, 5.41) is 15.2. The van der Waals surface area contributed by atoms with E-state index in [1.54, 1.807) is 27.8 Å². The zero-order valence-corrected chi connectivity index (χ0v) is 18.8. The van der Waals surface area contributed by atoms with Gasteiger partial charge in [0.15, 0.2) is 5.82 Å². The molecule has 9 heteroatoms. The summed E-state index contributed by atoms with van der Waals surface area (Å²) in [6, 6.07) is 5.20. The van der Waals surface area contributed by atoms with Crippen LogP contribution >= 0.6 is 11.6 Å². The van der Waals surface area contributed by atoms with Crippen LogP contribution in [0.5, 0.6) is 0 Å². The van der Waals surface area contributed by atoms with Gasteiger partial charge in [0.1, 0.15) is 0 Å². The molecule has 2 amide bonds. The molecule has 2 aromatic rings. The molecule has 3 aliphatic rings. The van der Waals surface area contributed by atoms with Gasteiger partial charge in [-0.05, 0) is 71.6 Å². The van der Waals surface area contributed by atoms with Gasteiger partial charge in [-0.1, -0.05) is 32.4 Å². The minimum absolute atomic E-state index is 0.0785. The number of carbonyl (C=O) groups is 2. The SMILES string of the molecule is CC1(C)CC2CC(C)(CN2C(=O)C(=O)Nc2ccc(Cl)c(-n3nnnc3C3CC3)c2)C1. The van der Waals surface area contributed by atoms with E-state index >= 15 is 0 Å². The number of amides is 2. The van der Waals surface area contributed by atoms with E-state index in [4.69, 9.17) is 11.6 Å². The highest BCUT2D eigenvalue weighted by molar-refractivity contribution is 6.39. The van der Waals surface area contributed by atoms with E-state index in [1.165, 1.54) is 0 Å². The molecule has 1 aromatic heterocycles.